The minimum atomic E-state index is -2.56. The minimum absolute atomic E-state index is 0. The van der Waals surface area contributed by atoms with Gasteiger partial charge < -0.3 is 10.1 Å². The van der Waals surface area contributed by atoms with Gasteiger partial charge >= 0.3 is 0 Å². The third kappa shape index (κ3) is 3.54. The van der Waals surface area contributed by atoms with Gasteiger partial charge in [-0.05, 0) is 17.7 Å². The van der Waals surface area contributed by atoms with Crippen molar-refractivity contribution < 1.29 is 13.5 Å². The van der Waals surface area contributed by atoms with Gasteiger partial charge in [0.1, 0.15) is 5.75 Å². The fourth-order valence-electron chi connectivity index (χ4n) is 2.00. The summed E-state index contributed by atoms with van der Waals surface area (Å²) in [5.74, 6) is -1.85. The Labute approximate surface area is 106 Å². The molecule has 1 atom stereocenters. The molecule has 0 bridgehead atoms. The topological polar surface area (TPSA) is 21.3 Å². The Balaban J connectivity index is 0.00000144. The first-order valence-electron chi connectivity index (χ1n) is 5.36. The third-order valence-corrected chi connectivity index (χ3v) is 2.88. The molecule has 0 saturated carbocycles. The van der Waals surface area contributed by atoms with Crippen LogP contribution < -0.4 is 10.1 Å². The Morgan fingerprint density at radius 3 is 2.82 bits per heavy atom. The van der Waals surface area contributed by atoms with Gasteiger partial charge in [0.25, 0.3) is 5.92 Å². The van der Waals surface area contributed by atoms with Gasteiger partial charge in [0.15, 0.2) is 0 Å². The summed E-state index contributed by atoms with van der Waals surface area (Å²) in [6, 6.07) is 7.01. The van der Waals surface area contributed by atoms with Crippen LogP contribution >= 0.6 is 12.4 Å². The molecule has 1 aliphatic heterocycles. The van der Waals surface area contributed by atoms with Gasteiger partial charge in [0, 0.05) is 25.4 Å². The van der Waals surface area contributed by atoms with Crippen molar-refractivity contribution >= 4 is 12.4 Å². The Morgan fingerprint density at radius 2 is 2.18 bits per heavy atom. The SMILES string of the molecule is COc1cccc(C2CC(F)(F)CCN2)c1.Cl. The maximum Gasteiger partial charge on any atom is 0.251 e. The van der Waals surface area contributed by atoms with E-state index in [0.717, 1.165) is 5.56 Å². The zero-order valence-corrected chi connectivity index (χ0v) is 10.4. The third-order valence-electron chi connectivity index (χ3n) is 2.88. The summed E-state index contributed by atoms with van der Waals surface area (Å²) in [6.45, 7) is 0.356. The van der Waals surface area contributed by atoms with Crippen molar-refractivity contribution in [1.29, 1.82) is 0 Å². The van der Waals surface area contributed by atoms with Crippen molar-refractivity contribution in [3.63, 3.8) is 0 Å². The van der Waals surface area contributed by atoms with Gasteiger partial charge in [0.2, 0.25) is 0 Å². The van der Waals surface area contributed by atoms with E-state index in [1.807, 2.05) is 18.2 Å². The number of benzene rings is 1. The number of ether oxygens (including phenoxy) is 1. The summed E-state index contributed by atoms with van der Waals surface area (Å²) in [5, 5.41) is 3.11. The number of halogens is 3. The summed E-state index contributed by atoms with van der Waals surface area (Å²) in [4.78, 5) is 0. The highest BCUT2D eigenvalue weighted by Gasteiger charge is 2.36. The number of piperidine rings is 1. The van der Waals surface area contributed by atoms with Crippen LogP contribution in [0.1, 0.15) is 24.4 Å². The molecule has 1 aliphatic rings. The molecule has 5 heteroatoms. The fraction of sp³-hybridized carbons (Fsp3) is 0.500. The monoisotopic (exact) mass is 263 g/mol. The predicted octanol–water partition coefficient (Wildman–Crippen LogP) is 3.18. The highest BCUT2D eigenvalue weighted by atomic mass is 35.5. The highest BCUT2D eigenvalue weighted by molar-refractivity contribution is 5.85. The van der Waals surface area contributed by atoms with Gasteiger partial charge in [-0.25, -0.2) is 8.78 Å². The first-order chi connectivity index (χ1) is 7.61. The van der Waals surface area contributed by atoms with Crippen LogP contribution in [-0.4, -0.2) is 19.6 Å². The van der Waals surface area contributed by atoms with Crippen molar-refractivity contribution in [2.24, 2.45) is 0 Å². The lowest BCUT2D eigenvalue weighted by molar-refractivity contribution is -0.0415. The average Bonchev–Trinajstić information content (AvgIpc) is 2.28. The number of alkyl halides is 2. The Hall–Kier alpha value is -0.870. The Bertz CT molecular complexity index is 373. The van der Waals surface area contributed by atoms with E-state index in [1.54, 1.807) is 13.2 Å². The number of rotatable bonds is 2. The molecule has 1 unspecified atom stereocenters. The molecule has 1 saturated heterocycles. The van der Waals surface area contributed by atoms with Gasteiger partial charge in [0.05, 0.1) is 7.11 Å². The molecule has 0 radical (unpaired) electrons. The smallest absolute Gasteiger partial charge is 0.251 e. The maximum atomic E-state index is 13.3. The van der Waals surface area contributed by atoms with Gasteiger partial charge in [-0.2, -0.15) is 0 Å². The molecular weight excluding hydrogens is 248 g/mol. The second-order valence-electron chi connectivity index (χ2n) is 4.09. The molecule has 1 N–H and O–H groups in total. The van der Waals surface area contributed by atoms with E-state index < -0.39 is 5.92 Å². The lowest BCUT2D eigenvalue weighted by atomic mass is 9.95. The lowest BCUT2D eigenvalue weighted by Gasteiger charge is -2.30. The molecule has 1 aromatic carbocycles. The van der Waals surface area contributed by atoms with Gasteiger partial charge in [-0.1, -0.05) is 12.1 Å². The van der Waals surface area contributed by atoms with Crippen molar-refractivity contribution in [1.82, 2.24) is 5.32 Å². The molecule has 0 amide bonds. The zero-order valence-electron chi connectivity index (χ0n) is 9.58. The molecule has 1 fully saturated rings. The largest absolute Gasteiger partial charge is 0.497 e. The van der Waals surface area contributed by atoms with Crippen molar-refractivity contribution in [2.75, 3.05) is 13.7 Å². The van der Waals surface area contributed by atoms with Crippen molar-refractivity contribution in [3.8, 4) is 5.75 Å². The molecule has 96 valence electrons. The summed E-state index contributed by atoms with van der Waals surface area (Å²) < 4.78 is 31.6. The number of methoxy groups -OCH3 is 1. The van der Waals surface area contributed by atoms with E-state index in [1.165, 1.54) is 0 Å². The van der Waals surface area contributed by atoms with Crippen LogP contribution in [0.4, 0.5) is 8.78 Å². The maximum absolute atomic E-state index is 13.3. The number of nitrogens with one attached hydrogen (secondary N) is 1. The number of hydrogen-bond donors (Lipinski definition) is 1. The summed E-state index contributed by atoms with van der Waals surface area (Å²) in [5.41, 5.74) is 0.860. The van der Waals surface area contributed by atoms with Crippen molar-refractivity contribution in [2.45, 2.75) is 24.8 Å². The fourth-order valence-corrected chi connectivity index (χ4v) is 2.00. The first kappa shape index (κ1) is 14.2. The highest BCUT2D eigenvalue weighted by Crippen LogP contribution is 2.35. The average molecular weight is 264 g/mol. The second kappa shape index (κ2) is 5.65. The summed E-state index contributed by atoms with van der Waals surface area (Å²) >= 11 is 0. The standard InChI is InChI=1S/C12H15F2NO.ClH/c1-16-10-4-2-3-9(7-10)11-8-12(13,14)5-6-15-11;/h2-4,7,11,15H,5-6,8H2,1H3;1H. The Kier molecular flexibility index (Phi) is 4.71. The van der Waals surface area contributed by atoms with Crippen LogP contribution in [0.15, 0.2) is 24.3 Å². The molecule has 2 nitrogen and oxygen atoms in total. The van der Waals surface area contributed by atoms with E-state index in [0.29, 0.717) is 12.3 Å². The van der Waals surface area contributed by atoms with Crippen LogP contribution in [0, 0.1) is 0 Å². The molecular formula is C12H16ClF2NO. The van der Waals surface area contributed by atoms with Crippen LogP contribution in [0.3, 0.4) is 0 Å². The van der Waals surface area contributed by atoms with Gasteiger partial charge in [-0.15, -0.1) is 12.4 Å². The van der Waals surface area contributed by atoms with Crippen LogP contribution in [-0.2, 0) is 0 Å². The van der Waals surface area contributed by atoms with Crippen LogP contribution in [0.2, 0.25) is 0 Å². The molecule has 17 heavy (non-hydrogen) atoms. The van der Waals surface area contributed by atoms with E-state index >= 15 is 0 Å². The molecule has 0 spiro atoms. The second-order valence-corrected chi connectivity index (χ2v) is 4.09. The molecule has 2 rings (SSSR count). The summed E-state index contributed by atoms with van der Waals surface area (Å²) in [6.07, 6.45) is -0.215. The zero-order chi connectivity index (χ0) is 11.6. The molecule has 0 aliphatic carbocycles. The Morgan fingerprint density at radius 1 is 1.41 bits per heavy atom. The molecule has 1 aromatic rings. The summed E-state index contributed by atoms with van der Waals surface area (Å²) in [7, 11) is 1.57. The first-order valence-corrected chi connectivity index (χ1v) is 5.36. The van der Waals surface area contributed by atoms with E-state index in [-0.39, 0.29) is 31.3 Å². The quantitative estimate of drug-likeness (QED) is 0.885. The van der Waals surface area contributed by atoms with Crippen molar-refractivity contribution in [3.05, 3.63) is 29.8 Å². The molecule has 0 aromatic heterocycles. The van der Waals surface area contributed by atoms with Gasteiger partial charge in [-0.3, -0.25) is 0 Å². The van der Waals surface area contributed by atoms with E-state index in [2.05, 4.69) is 5.32 Å². The lowest BCUT2D eigenvalue weighted by Crippen LogP contribution is -2.38. The molecule has 1 heterocycles. The van der Waals surface area contributed by atoms with E-state index in [9.17, 15) is 8.78 Å². The number of hydrogen-bond acceptors (Lipinski definition) is 2. The predicted molar refractivity (Wildman–Crippen MR) is 65.2 cm³/mol. The van der Waals surface area contributed by atoms with Crippen LogP contribution in [0.25, 0.3) is 0 Å². The normalized spacial score (nSPS) is 22.6. The van der Waals surface area contributed by atoms with E-state index in [4.69, 9.17) is 4.74 Å². The minimum Gasteiger partial charge on any atom is -0.497 e. The van der Waals surface area contributed by atoms with Crippen LogP contribution in [0.5, 0.6) is 5.75 Å².